The molecule has 0 spiro atoms. The fourth-order valence-corrected chi connectivity index (χ4v) is 4.12. The quantitative estimate of drug-likeness (QED) is 0.630. The van der Waals surface area contributed by atoms with E-state index in [9.17, 15) is 9.59 Å². The smallest absolute Gasteiger partial charge is 0.336 e. The van der Waals surface area contributed by atoms with Crippen molar-refractivity contribution in [2.24, 2.45) is 5.41 Å². The van der Waals surface area contributed by atoms with Crippen LogP contribution in [0.1, 0.15) is 39.2 Å². The topological polar surface area (TPSA) is 67.9 Å². The van der Waals surface area contributed by atoms with Gasteiger partial charge in [0.15, 0.2) is 0 Å². The Kier molecular flexibility index (Phi) is 7.89. The van der Waals surface area contributed by atoms with Crippen LogP contribution in [0.25, 0.3) is 0 Å². The second kappa shape index (κ2) is 9.83. The normalized spacial score (nSPS) is 17.0. The fraction of sp³-hybridized carbons (Fsp3) is 0.478. The molecular weight excluding hydrogens is 423 g/mol. The van der Waals surface area contributed by atoms with Gasteiger partial charge in [-0.2, -0.15) is 0 Å². The van der Waals surface area contributed by atoms with Gasteiger partial charge in [0.2, 0.25) is 0 Å². The number of hydrogen-bond acceptors (Lipinski definition) is 6. The minimum Gasteiger partial charge on any atom is -0.466 e. The lowest BCUT2D eigenvalue weighted by Gasteiger charge is -2.32. The Bertz CT molecular complexity index is 938. The Morgan fingerprint density at radius 2 is 1.74 bits per heavy atom. The predicted octanol–water partition coefficient (Wildman–Crippen LogP) is 4.02. The van der Waals surface area contributed by atoms with Crippen molar-refractivity contribution in [3.8, 4) is 0 Å². The summed E-state index contributed by atoms with van der Waals surface area (Å²) in [6.07, 6.45) is 0. The van der Waals surface area contributed by atoms with E-state index in [0.717, 1.165) is 0 Å². The van der Waals surface area contributed by atoms with Crippen molar-refractivity contribution in [3.63, 3.8) is 0 Å². The summed E-state index contributed by atoms with van der Waals surface area (Å²) < 4.78 is 25.6. The van der Waals surface area contributed by atoms with Gasteiger partial charge in [-0.05, 0) is 34.0 Å². The molecular formula is C23H30ClFN2O4. The molecule has 6 nitrogen and oxygen atoms in total. The number of hydrogen-bond donors (Lipinski definition) is 1. The Hall–Kier alpha value is -2.38. The van der Waals surface area contributed by atoms with Crippen LogP contribution in [0.5, 0.6) is 0 Å². The Balaban J connectivity index is 2.52. The van der Waals surface area contributed by atoms with Crippen LogP contribution in [0.4, 0.5) is 4.39 Å². The van der Waals surface area contributed by atoms with Gasteiger partial charge in [-0.25, -0.2) is 14.0 Å². The SMILES string of the molecule is COC(=O)C1=C(C)NC(C)=C(C(=O)OCC(C)(C)CN(C)C)C1c1cccc(Cl)c1F. The van der Waals surface area contributed by atoms with E-state index in [4.69, 9.17) is 21.1 Å². The maximum atomic E-state index is 15.0. The van der Waals surface area contributed by atoms with Crippen molar-refractivity contribution >= 4 is 23.5 Å². The second-order valence-electron chi connectivity index (χ2n) is 8.75. The molecule has 1 aromatic rings. The molecule has 1 aliphatic rings. The largest absolute Gasteiger partial charge is 0.466 e. The third-order valence-corrected chi connectivity index (χ3v) is 5.31. The van der Waals surface area contributed by atoms with Crippen LogP contribution in [-0.4, -0.2) is 51.2 Å². The number of nitrogens with zero attached hydrogens (tertiary/aromatic N) is 1. The summed E-state index contributed by atoms with van der Waals surface area (Å²) in [7, 11) is 5.12. The Labute approximate surface area is 188 Å². The molecule has 0 saturated carbocycles. The average molecular weight is 453 g/mol. The van der Waals surface area contributed by atoms with Gasteiger partial charge >= 0.3 is 11.9 Å². The Morgan fingerprint density at radius 1 is 1.16 bits per heavy atom. The molecule has 31 heavy (non-hydrogen) atoms. The highest BCUT2D eigenvalue weighted by Crippen LogP contribution is 2.41. The first kappa shape index (κ1) is 24.9. The highest BCUT2D eigenvalue weighted by atomic mass is 35.5. The summed E-state index contributed by atoms with van der Waals surface area (Å²) in [5.74, 6) is -3.01. The van der Waals surface area contributed by atoms with Crippen molar-refractivity contribution in [2.75, 3.05) is 34.4 Å². The zero-order valence-corrected chi connectivity index (χ0v) is 19.8. The number of carbonyl (C=O) groups excluding carboxylic acids is 2. The number of carbonyl (C=O) groups is 2. The number of esters is 2. The molecule has 1 unspecified atom stereocenters. The zero-order chi connectivity index (χ0) is 23.5. The third-order valence-electron chi connectivity index (χ3n) is 5.02. The van der Waals surface area contributed by atoms with Gasteiger partial charge in [0.1, 0.15) is 5.82 Å². The lowest BCUT2D eigenvalue weighted by Crippen LogP contribution is -2.36. The summed E-state index contributed by atoms with van der Waals surface area (Å²) >= 11 is 6.00. The van der Waals surface area contributed by atoms with E-state index in [0.29, 0.717) is 17.9 Å². The van der Waals surface area contributed by atoms with Crippen molar-refractivity contribution in [1.29, 1.82) is 0 Å². The molecule has 0 fully saturated rings. The van der Waals surface area contributed by atoms with Crippen LogP contribution < -0.4 is 5.32 Å². The van der Waals surface area contributed by atoms with E-state index in [-0.39, 0.29) is 33.8 Å². The molecule has 0 bridgehead atoms. The van der Waals surface area contributed by atoms with Gasteiger partial charge in [0, 0.05) is 28.9 Å². The minimum atomic E-state index is -1.02. The summed E-state index contributed by atoms with van der Waals surface area (Å²) in [5, 5.41) is 2.93. The van der Waals surface area contributed by atoms with Gasteiger partial charge in [0.25, 0.3) is 0 Å². The number of benzene rings is 1. The number of methoxy groups -OCH3 is 1. The third kappa shape index (κ3) is 5.66. The standard InChI is InChI=1S/C23H30ClFN2O4/c1-13-17(21(28)30-7)19(15-9-8-10-16(24)20(15)25)18(14(2)26-13)22(29)31-12-23(3,4)11-27(5)6/h8-10,19,26H,11-12H2,1-7H3. The van der Waals surface area contributed by atoms with Gasteiger partial charge in [0.05, 0.1) is 35.8 Å². The summed E-state index contributed by atoms with van der Waals surface area (Å²) in [4.78, 5) is 27.8. The molecule has 1 atom stereocenters. The first-order chi connectivity index (χ1) is 14.4. The van der Waals surface area contributed by atoms with Crippen molar-refractivity contribution < 1.29 is 23.5 Å². The molecule has 0 amide bonds. The van der Waals surface area contributed by atoms with Crippen molar-refractivity contribution in [1.82, 2.24) is 10.2 Å². The molecule has 170 valence electrons. The van der Waals surface area contributed by atoms with E-state index in [2.05, 4.69) is 5.32 Å². The number of dihydropyridines is 1. The summed E-state index contributed by atoms with van der Waals surface area (Å²) in [6.45, 7) is 8.19. The van der Waals surface area contributed by atoms with Crippen LogP contribution in [0.15, 0.2) is 40.7 Å². The van der Waals surface area contributed by atoms with E-state index in [1.54, 1.807) is 19.9 Å². The molecule has 1 aromatic carbocycles. The average Bonchev–Trinajstić information content (AvgIpc) is 2.66. The van der Waals surface area contributed by atoms with E-state index < -0.39 is 23.7 Å². The molecule has 1 N–H and O–H groups in total. The molecule has 1 heterocycles. The number of ether oxygens (including phenoxy) is 2. The zero-order valence-electron chi connectivity index (χ0n) is 19.1. The predicted molar refractivity (Wildman–Crippen MR) is 118 cm³/mol. The first-order valence-corrected chi connectivity index (χ1v) is 10.3. The Morgan fingerprint density at radius 3 is 2.29 bits per heavy atom. The lowest BCUT2D eigenvalue weighted by atomic mass is 9.80. The summed E-state index contributed by atoms with van der Waals surface area (Å²) in [6, 6.07) is 4.49. The van der Waals surface area contributed by atoms with Crippen LogP contribution in [0, 0.1) is 11.2 Å². The van der Waals surface area contributed by atoms with Crippen molar-refractivity contribution in [3.05, 3.63) is 57.1 Å². The maximum Gasteiger partial charge on any atom is 0.336 e. The van der Waals surface area contributed by atoms with Crippen molar-refractivity contribution in [2.45, 2.75) is 33.6 Å². The molecule has 0 radical (unpaired) electrons. The molecule has 2 rings (SSSR count). The molecule has 8 heteroatoms. The highest BCUT2D eigenvalue weighted by molar-refractivity contribution is 6.30. The molecule has 0 saturated heterocycles. The van der Waals surface area contributed by atoms with Crippen LogP contribution >= 0.6 is 11.6 Å². The lowest BCUT2D eigenvalue weighted by molar-refractivity contribution is -0.142. The second-order valence-corrected chi connectivity index (χ2v) is 9.16. The van der Waals surface area contributed by atoms with Crippen LogP contribution in [0.3, 0.4) is 0 Å². The van der Waals surface area contributed by atoms with E-state index in [1.165, 1.54) is 19.2 Å². The van der Waals surface area contributed by atoms with Gasteiger partial charge < -0.3 is 19.7 Å². The molecule has 0 aliphatic carbocycles. The van der Waals surface area contributed by atoms with Gasteiger partial charge in [-0.1, -0.05) is 37.6 Å². The number of halogens is 2. The number of allylic oxidation sites excluding steroid dienone is 2. The van der Waals surface area contributed by atoms with E-state index in [1.807, 2.05) is 32.8 Å². The number of nitrogens with one attached hydrogen (secondary N) is 1. The van der Waals surface area contributed by atoms with Crippen LogP contribution in [0.2, 0.25) is 5.02 Å². The monoisotopic (exact) mass is 452 g/mol. The first-order valence-electron chi connectivity index (χ1n) is 9.92. The minimum absolute atomic E-state index is 0.101. The number of rotatable bonds is 7. The maximum absolute atomic E-state index is 15.0. The highest BCUT2D eigenvalue weighted by Gasteiger charge is 2.39. The van der Waals surface area contributed by atoms with Crippen LogP contribution in [-0.2, 0) is 19.1 Å². The van der Waals surface area contributed by atoms with Gasteiger partial charge in [-0.3, -0.25) is 0 Å². The molecule has 1 aliphatic heterocycles. The van der Waals surface area contributed by atoms with E-state index >= 15 is 4.39 Å². The molecule has 0 aromatic heterocycles. The van der Waals surface area contributed by atoms with Gasteiger partial charge in [-0.15, -0.1) is 0 Å². The summed E-state index contributed by atoms with van der Waals surface area (Å²) in [5.41, 5.74) is 1.03. The fourth-order valence-electron chi connectivity index (χ4n) is 3.94.